The molecule has 2 aromatic carbocycles. The van der Waals surface area contributed by atoms with Crippen molar-refractivity contribution in [2.45, 2.75) is 37.0 Å². The Morgan fingerprint density at radius 1 is 1.17 bits per heavy atom. The van der Waals surface area contributed by atoms with Gasteiger partial charge in [-0.3, -0.25) is 9.69 Å². The molecule has 0 bridgehead atoms. The highest BCUT2D eigenvalue weighted by Crippen LogP contribution is 2.43. The molecular weight excluding hydrogens is 424 g/mol. The van der Waals surface area contributed by atoms with Crippen molar-refractivity contribution in [3.8, 4) is 5.75 Å². The molecule has 1 saturated carbocycles. The highest BCUT2D eigenvalue weighted by molar-refractivity contribution is 8.01. The molecule has 1 aliphatic carbocycles. The first-order valence-electron chi connectivity index (χ1n) is 9.91. The number of rotatable bonds is 5. The van der Waals surface area contributed by atoms with Crippen molar-refractivity contribution in [3.05, 3.63) is 47.5 Å². The number of urea groups is 1. The number of carboxylic acids is 1. The summed E-state index contributed by atoms with van der Waals surface area (Å²) in [5.74, 6) is -0.221. The van der Waals surface area contributed by atoms with Crippen LogP contribution in [0.3, 0.4) is 0 Å². The molecule has 2 aliphatic rings. The van der Waals surface area contributed by atoms with E-state index in [9.17, 15) is 14.7 Å². The summed E-state index contributed by atoms with van der Waals surface area (Å²) in [4.78, 5) is 27.3. The van der Waals surface area contributed by atoms with E-state index >= 15 is 0 Å². The summed E-state index contributed by atoms with van der Waals surface area (Å²) >= 11 is 7.29. The van der Waals surface area contributed by atoms with Gasteiger partial charge < -0.3 is 9.84 Å². The maximum atomic E-state index is 12.9. The minimum Gasteiger partial charge on any atom is -0.492 e. The Hall–Kier alpha value is -2.38. The molecule has 1 heterocycles. The summed E-state index contributed by atoms with van der Waals surface area (Å²) in [6.07, 6.45) is 4.17. The number of carbonyl (C=O) groups is 2. The number of nitrogens with zero attached hydrogens (tertiary/aromatic N) is 2. The zero-order valence-corrected chi connectivity index (χ0v) is 18.2. The predicted octanol–water partition coefficient (Wildman–Crippen LogP) is 5.84. The second-order valence-electron chi connectivity index (χ2n) is 7.77. The number of hydrogen-bond acceptors (Lipinski definition) is 4. The molecule has 4 rings (SSSR count). The van der Waals surface area contributed by atoms with Gasteiger partial charge in [0.25, 0.3) is 0 Å². The average Bonchev–Trinajstić information content (AvgIpc) is 2.76. The van der Waals surface area contributed by atoms with Gasteiger partial charge in [-0.25, -0.2) is 9.10 Å². The third kappa shape index (κ3) is 3.96. The summed E-state index contributed by atoms with van der Waals surface area (Å²) < 4.78 is 7.54. The Bertz CT molecular complexity index is 960. The van der Waals surface area contributed by atoms with Gasteiger partial charge in [0.15, 0.2) is 0 Å². The third-order valence-corrected chi connectivity index (χ3v) is 7.13. The van der Waals surface area contributed by atoms with Gasteiger partial charge >= 0.3 is 12.0 Å². The summed E-state index contributed by atoms with van der Waals surface area (Å²) in [6, 6.07) is 12.5. The highest BCUT2D eigenvalue weighted by atomic mass is 35.5. The van der Waals surface area contributed by atoms with Crippen molar-refractivity contribution in [1.82, 2.24) is 0 Å². The number of halogens is 1. The number of carbonyl (C=O) groups excluding carboxylic acids is 1. The van der Waals surface area contributed by atoms with E-state index < -0.39 is 11.4 Å². The van der Waals surface area contributed by atoms with Crippen LogP contribution in [0.4, 0.5) is 16.2 Å². The fourth-order valence-corrected chi connectivity index (χ4v) is 5.08. The van der Waals surface area contributed by atoms with Gasteiger partial charge in [-0.15, -0.1) is 0 Å². The van der Waals surface area contributed by atoms with Crippen LogP contribution in [0.25, 0.3) is 0 Å². The fourth-order valence-electron chi connectivity index (χ4n) is 3.91. The molecule has 0 saturated heterocycles. The number of carboxylic acid groups (broad SMARTS) is 1. The second-order valence-corrected chi connectivity index (χ2v) is 9.19. The molecule has 1 N–H and O–H groups in total. The monoisotopic (exact) mass is 446 g/mol. The molecule has 2 amide bonds. The number of hydrogen-bond donors (Lipinski definition) is 1. The highest BCUT2D eigenvalue weighted by Gasteiger charge is 2.40. The molecule has 1 fully saturated rings. The van der Waals surface area contributed by atoms with Crippen LogP contribution in [0.5, 0.6) is 5.75 Å². The molecule has 0 spiro atoms. The Morgan fingerprint density at radius 2 is 1.87 bits per heavy atom. The first kappa shape index (κ1) is 20.9. The lowest BCUT2D eigenvalue weighted by molar-refractivity contribution is -0.153. The van der Waals surface area contributed by atoms with Crippen molar-refractivity contribution >= 4 is 46.9 Å². The van der Waals surface area contributed by atoms with E-state index in [4.69, 9.17) is 16.3 Å². The molecule has 1 aliphatic heterocycles. The number of ether oxygens (including phenoxy) is 1. The molecule has 158 valence electrons. The van der Waals surface area contributed by atoms with Crippen LogP contribution < -0.4 is 13.9 Å². The standard InChI is InChI=1S/C22H23ClN2O4S/c1-24-18-13-17(29-14-22(20(26)27)11-3-2-4-12-22)9-10-19(18)30-25(21(24)28)16-7-5-15(23)6-8-16/h5-10,13H,2-4,11-12,14H2,1H3,(H,26,27). The normalized spacial score (nSPS) is 18.1. The molecular formula is C22H23ClN2O4S. The molecule has 30 heavy (non-hydrogen) atoms. The quantitative estimate of drug-likeness (QED) is 0.584. The van der Waals surface area contributed by atoms with Crippen LogP contribution in [-0.2, 0) is 4.79 Å². The Balaban J connectivity index is 1.53. The van der Waals surface area contributed by atoms with Crippen molar-refractivity contribution < 1.29 is 19.4 Å². The fraction of sp³-hybridized carbons (Fsp3) is 0.364. The van der Waals surface area contributed by atoms with Crippen molar-refractivity contribution in [2.24, 2.45) is 5.41 Å². The molecule has 0 aromatic heterocycles. The lowest BCUT2D eigenvalue weighted by Gasteiger charge is -2.34. The molecule has 0 atom stereocenters. The Morgan fingerprint density at radius 3 is 2.53 bits per heavy atom. The molecule has 2 aromatic rings. The second kappa shape index (κ2) is 8.40. The zero-order valence-electron chi connectivity index (χ0n) is 16.6. The van der Waals surface area contributed by atoms with Crippen molar-refractivity contribution in [3.63, 3.8) is 0 Å². The largest absolute Gasteiger partial charge is 0.492 e. The number of benzene rings is 2. The van der Waals surface area contributed by atoms with Crippen LogP contribution in [-0.4, -0.2) is 30.8 Å². The minimum absolute atomic E-state index is 0.142. The number of fused-ring (bicyclic) bond motifs is 1. The number of amides is 2. The van der Waals surface area contributed by atoms with Crippen LogP contribution in [0, 0.1) is 5.41 Å². The maximum Gasteiger partial charge on any atom is 0.339 e. The zero-order chi connectivity index (χ0) is 21.3. The van der Waals surface area contributed by atoms with Crippen molar-refractivity contribution in [1.29, 1.82) is 0 Å². The van der Waals surface area contributed by atoms with E-state index in [1.165, 1.54) is 11.9 Å². The van der Waals surface area contributed by atoms with Gasteiger partial charge in [0.2, 0.25) is 0 Å². The molecule has 0 radical (unpaired) electrons. The molecule has 8 heteroatoms. The van der Waals surface area contributed by atoms with Crippen LogP contribution in [0.1, 0.15) is 32.1 Å². The predicted molar refractivity (Wildman–Crippen MR) is 119 cm³/mol. The Kier molecular flexibility index (Phi) is 5.84. The first-order chi connectivity index (χ1) is 14.4. The summed E-state index contributed by atoms with van der Waals surface area (Å²) in [7, 11) is 1.72. The van der Waals surface area contributed by atoms with E-state index in [-0.39, 0.29) is 12.6 Å². The topological polar surface area (TPSA) is 70.1 Å². The van der Waals surface area contributed by atoms with E-state index in [0.717, 1.165) is 35.5 Å². The van der Waals surface area contributed by atoms with Gasteiger partial charge in [-0.05, 0) is 61.2 Å². The summed E-state index contributed by atoms with van der Waals surface area (Å²) in [5, 5.41) is 10.4. The number of aliphatic carboxylic acids is 1. The lowest BCUT2D eigenvalue weighted by atomic mass is 9.75. The van der Waals surface area contributed by atoms with E-state index in [1.807, 2.05) is 12.1 Å². The minimum atomic E-state index is -0.823. The third-order valence-electron chi connectivity index (χ3n) is 5.78. The first-order valence-corrected chi connectivity index (χ1v) is 11.1. The number of anilines is 2. The van der Waals surface area contributed by atoms with E-state index in [2.05, 4.69) is 0 Å². The maximum absolute atomic E-state index is 12.9. The van der Waals surface area contributed by atoms with Gasteiger partial charge in [-0.1, -0.05) is 30.9 Å². The summed E-state index contributed by atoms with van der Waals surface area (Å²) in [6.45, 7) is 0.142. The van der Waals surface area contributed by atoms with E-state index in [0.29, 0.717) is 23.6 Å². The van der Waals surface area contributed by atoms with Crippen molar-refractivity contribution in [2.75, 3.05) is 22.9 Å². The lowest BCUT2D eigenvalue weighted by Crippen LogP contribution is -2.41. The van der Waals surface area contributed by atoms with Gasteiger partial charge in [-0.2, -0.15) is 0 Å². The molecule has 0 unspecified atom stereocenters. The SMILES string of the molecule is CN1C(=O)N(c2ccc(Cl)cc2)Sc2ccc(OCC3(C(=O)O)CCCCC3)cc21. The van der Waals surface area contributed by atoms with E-state index in [1.54, 1.807) is 46.6 Å². The Labute approximate surface area is 184 Å². The van der Waals surface area contributed by atoms with Gasteiger partial charge in [0, 0.05) is 18.1 Å². The average molecular weight is 447 g/mol. The molecule has 6 nitrogen and oxygen atoms in total. The van der Waals surface area contributed by atoms with Gasteiger partial charge in [0.1, 0.15) is 17.8 Å². The smallest absolute Gasteiger partial charge is 0.339 e. The van der Waals surface area contributed by atoms with Crippen LogP contribution in [0.15, 0.2) is 47.4 Å². The van der Waals surface area contributed by atoms with Gasteiger partial charge in [0.05, 0.1) is 16.3 Å². The van der Waals surface area contributed by atoms with Crippen LogP contribution in [0.2, 0.25) is 5.02 Å². The summed E-state index contributed by atoms with van der Waals surface area (Å²) in [5.41, 5.74) is 0.657. The van der Waals surface area contributed by atoms with Crippen LogP contribution >= 0.6 is 23.5 Å².